The number of rotatable bonds is 3. The molecule has 0 saturated carbocycles. The zero-order chi connectivity index (χ0) is 18.2. The van der Waals surface area contributed by atoms with Gasteiger partial charge in [-0.25, -0.2) is 4.98 Å². The van der Waals surface area contributed by atoms with Gasteiger partial charge in [0, 0.05) is 24.7 Å². The third kappa shape index (κ3) is 3.12. The van der Waals surface area contributed by atoms with Crippen molar-refractivity contribution in [1.82, 2.24) is 14.9 Å². The van der Waals surface area contributed by atoms with Crippen molar-refractivity contribution >= 4 is 22.6 Å². The lowest BCUT2D eigenvalue weighted by Crippen LogP contribution is -2.43. The van der Waals surface area contributed by atoms with E-state index in [1.807, 2.05) is 29.2 Å². The van der Waals surface area contributed by atoms with Gasteiger partial charge in [-0.15, -0.1) is 0 Å². The van der Waals surface area contributed by atoms with Crippen LogP contribution in [0.5, 0.6) is 0 Å². The molecule has 0 radical (unpaired) electrons. The molecule has 5 nitrogen and oxygen atoms in total. The average molecular weight is 360 g/mol. The summed E-state index contributed by atoms with van der Waals surface area (Å²) < 4.78 is 0. The molecule has 1 saturated heterocycles. The number of nitrogens with zero attached hydrogens (tertiary/aromatic N) is 3. The molecule has 1 N–H and O–H groups in total. The number of imidazole rings is 1. The van der Waals surface area contributed by atoms with E-state index in [9.17, 15) is 4.79 Å². The van der Waals surface area contributed by atoms with Crippen molar-refractivity contribution in [2.24, 2.45) is 0 Å². The first-order chi connectivity index (χ1) is 13.3. The maximum absolute atomic E-state index is 12.9. The highest BCUT2D eigenvalue weighted by atomic mass is 16.2. The van der Waals surface area contributed by atoms with Gasteiger partial charge in [-0.2, -0.15) is 0 Å². The first kappa shape index (κ1) is 16.5. The molecule has 2 aliphatic heterocycles. The molecule has 0 aliphatic carbocycles. The van der Waals surface area contributed by atoms with Gasteiger partial charge in [-0.1, -0.05) is 30.3 Å². The molecule has 1 fully saturated rings. The van der Waals surface area contributed by atoms with Gasteiger partial charge in [-0.3, -0.25) is 9.69 Å². The Labute approximate surface area is 159 Å². The Hall–Kier alpha value is -2.66. The summed E-state index contributed by atoms with van der Waals surface area (Å²) in [6.07, 6.45) is 3.19. The van der Waals surface area contributed by atoms with E-state index in [2.05, 4.69) is 34.1 Å². The number of carbonyl (C=O) groups is 1. The summed E-state index contributed by atoms with van der Waals surface area (Å²) in [5.41, 5.74) is 4.49. The minimum atomic E-state index is 0.213. The van der Waals surface area contributed by atoms with E-state index in [1.54, 1.807) is 0 Å². The van der Waals surface area contributed by atoms with Gasteiger partial charge in [-0.05, 0) is 49.6 Å². The monoisotopic (exact) mass is 360 g/mol. The molecule has 5 rings (SSSR count). The molecule has 138 valence electrons. The molecule has 1 amide bonds. The predicted octanol–water partition coefficient (Wildman–Crippen LogP) is 3.33. The zero-order valence-electron chi connectivity index (χ0n) is 15.4. The first-order valence-electron chi connectivity index (χ1n) is 9.83. The fourth-order valence-corrected chi connectivity index (χ4v) is 4.46. The average Bonchev–Trinajstić information content (AvgIpc) is 3.32. The maximum atomic E-state index is 12.9. The van der Waals surface area contributed by atoms with Crippen molar-refractivity contribution in [3.05, 3.63) is 59.9 Å². The van der Waals surface area contributed by atoms with Crippen LogP contribution < -0.4 is 4.90 Å². The molecular formula is C22H24N4O. The van der Waals surface area contributed by atoms with Crippen LogP contribution in [-0.4, -0.2) is 47.0 Å². The number of H-pyrrole nitrogens is 1. The Balaban J connectivity index is 1.28. The number of hydrogen-bond acceptors (Lipinski definition) is 3. The van der Waals surface area contributed by atoms with Crippen molar-refractivity contribution in [2.45, 2.75) is 25.2 Å². The molecule has 27 heavy (non-hydrogen) atoms. The lowest BCUT2D eigenvalue weighted by molar-refractivity contribution is -0.119. The van der Waals surface area contributed by atoms with E-state index in [1.165, 1.54) is 5.56 Å². The van der Waals surface area contributed by atoms with E-state index in [-0.39, 0.29) is 5.91 Å². The first-order valence-corrected chi connectivity index (χ1v) is 9.83. The largest absolute Gasteiger partial charge is 0.342 e. The lowest BCUT2D eigenvalue weighted by atomic mass is 9.97. The zero-order valence-corrected chi connectivity index (χ0v) is 15.4. The molecule has 0 bridgehead atoms. The molecule has 1 aromatic heterocycles. The highest BCUT2D eigenvalue weighted by Gasteiger charge is 2.29. The third-order valence-electron chi connectivity index (χ3n) is 5.85. The van der Waals surface area contributed by atoms with Crippen LogP contribution >= 0.6 is 0 Å². The summed E-state index contributed by atoms with van der Waals surface area (Å²) in [6, 6.07) is 16.4. The standard InChI is InChI=1S/C22H24N4O/c27-21(26-13-11-16-6-1-4-10-20(16)26)15-25-12-5-7-17(14-25)22-23-18-8-2-3-9-19(18)24-22/h1-4,6,8-10,17H,5,7,11-15H2,(H,23,24)/t17-/m0/s1. The number of carbonyl (C=O) groups excluding carboxylic acids is 1. The number of amides is 1. The summed E-state index contributed by atoms with van der Waals surface area (Å²) >= 11 is 0. The number of benzene rings is 2. The second-order valence-electron chi connectivity index (χ2n) is 7.64. The Morgan fingerprint density at radius 1 is 1.11 bits per heavy atom. The Kier molecular flexibility index (Phi) is 4.17. The molecule has 1 atom stereocenters. The van der Waals surface area contributed by atoms with E-state index in [0.717, 1.165) is 61.4 Å². The Morgan fingerprint density at radius 3 is 2.89 bits per heavy atom. The fraction of sp³-hybridized carbons (Fsp3) is 0.364. The summed E-state index contributed by atoms with van der Waals surface area (Å²) in [4.78, 5) is 25.4. The van der Waals surface area contributed by atoms with Gasteiger partial charge in [0.1, 0.15) is 5.82 Å². The molecular weight excluding hydrogens is 336 g/mol. The van der Waals surface area contributed by atoms with Crippen LogP contribution in [0.25, 0.3) is 11.0 Å². The number of aromatic amines is 1. The number of aromatic nitrogens is 2. The number of fused-ring (bicyclic) bond motifs is 2. The molecule has 2 aliphatic rings. The van der Waals surface area contributed by atoms with Crippen LogP contribution in [-0.2, 0) is 11.2 Å². The SMILES string of the molecule is O=C(CN1CCC[C@H](c2nc3ccccc3[nH]2)C1)N1CCc2ccccc21. The van der Waals surface area contributed by atoms with Crippen LogP contribution in [0.15, 0.2) is 48.5 Å². The quantitative estimate of drug-likeness (QED) is 0.779. The van der Waals surface area contributed by atoms with Gasteiger partial charge in [0.2, 0.25) is 5.91 Å². The maximum Gasteiger partial charge on any atom is 0.241 e. The van der Waals surface area contributed by atoms with Gasteiger partial charge in [0.15, 0.2) is 0 Å². The van der Waals surface area contributed by atoms with Gasteiger partial charge < -0.3 is 9.88 Å². The van der Waals surface area contributed by atoms with Gasteiger partial charge in [0.25, 0.3) is 0 Å². The van der Waals surface area contributed by atoms with Crippen LogP contribution in [0.2, 0.25) is 0 Å². The number of anilines is 1. The van der Waals surface area contributed by atoms with Crippen molar-refractivity contribution in [3.8, 4) is 0 Å². The Bertz CT molecular complexity index is 946. The highest BCUT2D eigenvalue weighted by Crippen LogP contribution is 2.29. The molecule has 3 heterocycles. The summed E-state index contributed by atoms with van der Waals surface area (Å²) in [5.74, 6) is 1.63. The fourth-order valence-electron chi connectivity index (χ4n) is 4.46. The number of piperidine rings is 1. The Morgan fingerprint density at radius 2 is 1.96 bits per heavy atom. The minimum Gasteiger partial charge on any atom is -0.342 e. The van der Waals surface area contributed by atoms with E-state index in [0.29, 0.717) is 12.5 Å². The molecule has 0 unspecified atom stereocenters. The molecule has 5 heteroatoms. The summed E-state index contributed by atoms with van der Waals surface area (Å²) in [5, 5.41) is 0. The second-order valence-corrected chi connectivity index (χ2v) is 7.64. The molecule has 0 spiro atoms. The number of likely N-dealkylation sites (tertiary alicyclic amines) is 1. The van der Waals surface area contributed by atoms with Crippen LogP contribution in [0.1, 0.15) is 30.1 Å². The van der Waals surface area contributed by atoms with E-state index < -0.39 is 0 Å². The topological polar surface area (TPSA) is 52.2 Å². The number of para-hydroxylation sites is 3. The van der Waals surface area contributed by atoms with Crippen molar-refractivity contribution < 1.29 is 4.79 Å². The van der Waals surface area contributed by atoms with Crippen molar-refractivity contribution in [3.63, 3.8) is 0 Å². The van der Waals surface area contributed by atoms with Crippen molar-refractivity contribution in [2.75, 3.05) is 31.1 Å². The number of nitrogens with one attached hydrogen (secondary N) is 1. The van der Waals surface area contributed by atoms with E-state index in [4.69, 9.17) is 4.98 Å². The van der Waals surface area contributed by atoms with Crippen LogP contribution in [0.3, 0.4) is 0 Å². The second kappa shape index (κ2) is 6.82. The van der Waals surface area contributed by atoms with E-state index >= 15 is 0 Å². The molecule has 2 aromatic carbocycles. The molecule has 3 aromatic rings. The van der Waals surface area contributed by atoms with Crippen molar-refractivity contribution in [1.29, 1.82) is 0 Å². The summed E-state index contributed by atoms with van der Waals surface area (Å²) in [7, 11) is 0. The third-order valence-corrected chi connectivity index (χ3v) is 5.85. The predicted molar refractivity (Wildman–Crippen MR) is 107 cm³/mol. The van der Waals surface area contributed by atoms with Gasteiger partial charge >= 0.3 is 0 Å². The normalized spacial score (nSPS) is 20.1. The highest BCUT2D eigenvalue weighted by molar-refractivity contribution is 5.96. The smallest absolute Gasteiger partial charge is 0.241 e. The van der Waals surface area contributed by atoms with Crippen LogP contribution in [0.4, 0.5) is 5.69 Å². The minimum absolute atomic E-state index is 0.213. The van der Waals surface area contributed by atoms with Gasteiger partial charge in [0.05, 0.1) is 17.6 Å². The lowest BCUT2D eigenvalue weighted by Gasteiger charge is -2.32. The van der Waals surface area contributed by atoms with Crippen LogP contribution in [0, 0.1) is 0 Å². The number of hydrogen-bond donors (Lipinski definition) is 1. The summed E-state index contributed by atoms with van der Waals surface area (Å²) in [6.45, 7) is 3.17.